The number of likely N-dealkylation sites (tertiary alicyclic amines) is 1. The minimum atomic E-state index is -4.60. The quantitative estimate of drug-likeness (QED) is 0.318. The number of rotatable bonds is 4. The van der Waals surface area contributed by atoms with Gasteiger partial charge in [-0.1, -0.05) is 24.8 Å². The maximum Gasteiger partial charge on any atom is 0.435 e. The fourth-order valence-electron chi connectivity index (χ4n) is 3.66. The van der Waals surface area contributed by atoms with E-state index in [0.29, 0.717) is 21.7 Å². The summed E-state index contributed by atoms with van der Waals surface area (Å²) in [6.07, 6.45) is -0.859. The molecule has 6 nitrogen and oxygen atoms in total. The van der Waals surface area contributed by atoms with E-state index >= 15 is 0 Å². The van der Waals surface area contributed by atoms with Crippen LogP contribution in [0.15, 0.2) is 57.1 Å². The van der Waals surface area contributed by atoms with E-state index in [1.807, 2.05) is 4.90 Å². The highest BCUT2D eigenvalue weighted by Crippen LogP contribution is 2.35. The zero-order chi connectivity index (χ0) is 24.5. The van der Waals surface area contributed by atoms with Crippen LogP contribution >= 0.6 is 23.1 Å². The van der Waals surface area contributed by atoms with Crippen molar-refractivity contribution in [1.82, 2.24) is 14.7 Å². The summed E-state index contributed by atoms with van der Waals surface area (Å²) in [6, 6.07) is 10.0. The van der Waals surface area contributed by atoms with Crippen LogP contribution in [-0.4, -0.2) is 47.6 Å². The summed E-state index contributed by atoms with van der Waals surface area (Å²) in [5, 5.41) is 5.95. The highest BCUT2D eigenvalue weighted by atomic mass is 32.2. The average Bonchev–Trinajstić information content (AvgIpc) is 3.48. The van der Waals surface area contributed by atoms with Gasteiger partial charge in [-0.15, -0.1) is 15.7 Å². The van der Waals surface area contributed by atoms with E-state index in [-0.39, 0.29) is 10.6 Å². The molecule has 34 heavy (non-hydrogen) atoms. The Morgan fingerprint density at radius 1 is 1.18 bits per heavy atom. The summed E-state index contributed by atoms with van der Waals surface area (Å²) in [5.74, 6) is 0.600. The third-order valence-electron chi connectivity index (χ3n) is 5.59. The van der Waals surface area contributed by atoms with Crippen LogP contribution in [0.2, 0.25) is 0 Å². The Balaban J connectivity index is 1.65. The summed E-state index contributed by atoms with van der Waals surface area (Å²) in [6.45, 7) is 3.68. The number of benzene rings is 1. The lowest BCUT2D eigenvalue weighted by molar-refractivity contribution is -0.141. The Labute approximate surface area is 204 Å². The first-order valence-electron chi connectivity index (χ1n) is 10.5. The van der Waals surface area contributed by atoms with Crippen LogP contribution in [0.4, 0.5) is 13.2 Å². The molecule has 12 heteroatoms. The number of nitrogens with zero attached hydrogens (tertiary/aromatic N) is 4. The Morgan fingerprint density at radius 2 is 1.85 bits per heavy atom. The second kappa shape index (κ2) is 9.74. The molecule has 0 amide bonds. The van der Waals surface area contributed by atoms with Gasteiger partial charge in [0.05, 0.1) is 21.2 Å². The van der Waals surface area contributed by atoms with Gasteiger partial charge in [-0.2, -0.15) is 26.7 Å². The van der Waals surface area contributed by atoms with Crippen molar-refractivity contribution in [2.24, 2.45) is 10.3 Å². The number of halogens is 3. The summed E-state index contributed by atoms with van der Waals surface area (Å²) in [7, 11) is -3.99. The number of piperidine rings is 1. The lowest BCUT2D eigenvalue weighted by Crippen LogP contribution is -2.36. The van der Waals surface area contributed by atoms with Crippen molar-refractivity contribution in [2.75, 3.05) is 19.3 Å². The molecule has 0 N–H and O–H groups in total. The highest BCUT2D eigenvalue weighted by Gasteiger charge is 2.35. The number of amidine groups is 1. The van der Waals surface area contributed by atoms with Crippen LogP contribution in [0.25, 0.3) is 16.3 Å². The molecule has 3 heterocycles. The van der Waals surface area contributed by atoms with Crippen molar-refractivity contribution in [2.45, 2.75) is 30.8 Å². The molecular formula is C22H23F3N4O2S3. The van der Waals surface area contributed by atoms with E-state index in [9.17, 15) is 21.6 Å². The summed E-state index contributed by atoms with van der Waals surface area (Å²) in [4.78, 5) is 2.56. The minimum absolute atomic E-state index is 0.0333. The molecule has 0 unspecified atom stereocenters. The van der Waals surface area contributed by atoms with Gasteiger partial charge in [0.1, 0.15) is 0 Å². The van der Waals surface area contributed by atoms with Gasteiger partial charge in [-0.05, 0) is 66.8 Å². The smallest absolute Gasteiger partial charge is 0.351 e. The number of hydrogen-bond acceptors (Lipinski definition) is 5. The number of aromatic nitrogens is 2. The van der Waals surface area contributed by atoms with Gasteiger partial charge in [0, 0.05) is 13.1 Å². The van der Waals surface area contributed by atoms with E-state index in [4.69, 9.17) is 0 Å². The Hall–Kier alpha value is -2.31. The second-order valence-corrected chi connectivity index (χ2v) is 11.3. The first-order valence-corrected chi connectivity index (χ1v) is 14.1. The van der Waals surface area contributed by atoms with Crippen LogP contribution in [0, 0.1) is 5.92 Å². The van der Waals surface area contributed by atoms with Gasteiger partial charge in [-0.25, -0.2) is 4.68 Å². The topological polar surface area (TPSA) is 67.6 Å². The van der Waals surface area contributed by atoms with E-state index in [1.54, 1.807) is 23.8 Å². The van der Waals surface area contributed by atoms with Crippen LogP contribution < -0.4 is 0 Å². The average molecular weight is 529 g/mol. The molecule has 1 fully saturated rings. The lowest BCUT2D eigenvalue weighted by atomic mass is 10.00. The number of thiophene rings is 1. The molecule has 3 aromatic rings. The van der Waals surface area contributed by atoms with Crippen molar-refractivity contribution < 1.29 is 21.6 Å². The number of alkyl halides is 3. The van der Waals surface area contributed by atoms with E-state index in [1.165, 1.54) is 52.0 Å². The summed E-state index contributed by atoms with van der Waals surface area (Å²) < 4.78 is 71.1. The largest absolute Gasteiger partial charge is 0.435 e. The molecular weight excluding hydrogens is 505 g/mol. The van der Waals surface area contributed by atoms with E-state index in [0.717, 1.165) is 32.0 Å². The molecule has 0 bridgehead atoms. The molecule has 1 aromatic carbocycles. The second-order valence-electron chi connectivity index (χ2n) is 8.02. The molecule has 0 spiro atoms. The molecule has 2 aromatic heterocycles. The number of thioether (sulfide) groups is 1. The molecule has 0 saturated carbocycles. The molecule has 182 valence electrons. The van der Waals surface area contributed by atoms with E-state index in [2.05, 4.69) is 16.4 Å². The van der Waals surface area contributed by atoms with E-state index < -0.39 is 21.9 Å². The van der Waals surface area contributed by atoms with Gasteiger partial charge >= 0.3 is 6.18 Å². The van der Waals surface area contributed by atoms with Crippen molar-refractivity contribution in [3.05, 3.63) is 53.5 Å². The molecule has 1 aliphatic heterocycles. The van der Waals surface area contributed by atoms with Crippen LogP contribution in [0.3, 0.4) is 0 Å². The predicted octanol–water partition coefficient (Wildman–Crippen LogP) is 5.76. The van der Waals surface area contributed by atoms with Gasteiger partial charge in [0.15, 0.2) is 10.9 Å². The summed E-state index contributed by atoms with van der Waals surface area (Å²) in [5.41, 5.74) is -0.422. The Kier molecular flexibility index (Phi) is 7.11. The van der Waals surface area contributed by atoms with Crippen molar-refractivity contribution in [1.29, 1.82) is 0 Å². The number of sulfonamides is 1. The summed E-state index contributed by atoms with van der Waals surface area (Å²) >= 11 is 2.57. The molecule has 0 atom stereocenters. The van der Waals surface area contributed by atoms with Crippen LogP contribution in [-0.2, 0) is 16.2 Å². The Bertz CT molecular complexity index is 1260. The van der Waals surface area contributed by atoms with Gasteiger partial charge < -0.3 is 4.90 Å². The highest BCUT2D eigenvalue weighted by molar-refractivity contribution is 8.13. The standard InChI is InChI=1S/C22H23F3N4O2S3/c1-15-9-11-28(12-10-15)21(32-2)27-34(30,31)17-7-5-16(6-8-17)29-18(19-4-3-13-33-19)14-20(26-29)22(23,24)25/h3-8,13-15H,9-12H2,1-2H3/b27-21+. The third-order valence-corrected chi connectivity index (χ3v) is 8.59. The zero-order valence-corrected chi connectivity index (χ0v) is 20.9. The van der Waals surface area contributed by atoms with Crippen molar-refractivity contribution >= 4 is 38.3 Å². The maximum absolute atomic E-state index is 13.3. The third kappa shape index (κ3) is 5.33. The molecule has 4 rings (SSSR count). The fraction of sp³-hybridized carbons (Fsp3) is 0.364. The Morgan fingerprint density at radius 3 is 2.41 bits per heavy atom. The fourth-order valence-corrected chi connectivity index (χ4v) is 6.32. The molecule has 1 saturated heterocycles. The first-order chi connectivity index (χ1) is 16.1. The zero-order valence-electron chi connectivity index (χ0n) is 18.5. The van der Waals surface area contributed by atoms with Crippen LogP contribution in [0.5, 0.6) is 0 Å². The normalized spacial score (nSPS) is 16.3. The number of hydrogen-bond donors (Lipinski definition) is 0. The molecule has 0 aliphatic carbocycles. The maximum atomic E-state index is 13.3. The molecule has 0 radical (unpaired) electrons. The van der Waals surface area contributed by atoms with Gasteiger partial charge in [-0.3, -0.25) is 0 Å². The van der Waals surface area contributed by atoms with Gasteiger partial charge in [0.2, 0.25) is 0 Å². The molecule has 1 aliphatic rings. The van der Waals surface area contributed by atoms with Crippen molar-refractivity contribution in [3.8, 4) is 16.3 Å². The monoisotopic (exact) mass is 528 g/mol. The minimum Gasteiger partial charge on any atom is -0.351 e. The SMILES string of the molecule is CS/C(=N/S(=O)(=O)c1ccc(-n2nc(C(F)(F)F)cc2-c2cccs2)cc1)N1CCC(C)CC1. The van der Waals surface area contributed by atoms with Gasteiger partial charge in [0.25, 0.3) is 10.0 Å². The van der Waals surface area contributed by atoms with Crippen molar-refractivity contribution in [3.63, 3.8) is 0 Å². The lowest BCUT2D eigenvalue weighted by Gasteiger charge is -2.31. The first kappa shape index (κ1) is 24.8. The van der Waals surface area contributed by atoms with Crippen LogP contribution in [0.1, 0.15) is 25.5 Å². The predicted molar refractivity (Wildman–Crippen MR) is 130 cm³/mol.